The summed E-state index contributed by atoms with van der Waals surface area (Å²) in [4.78, 5) is 12.5. The van der Waals surface area contributed by atoms with Gasteiger partial charge in [-0.05, 0) is 72.5 Å². The van der Waals surface area contributed by atoms with Gasteiger partial charge in [-0.25, -0.2) is 0 Å². The van der Waals surface area contributed by atoms with Crippen molar-refractivity contribution in [3.63, 3.8) is 0 Å². The monoisotopic (exact) mass is 492 g/mol. The summed E-state index contributed by atoms with van der Waals surface area (Å²) in [6.45, 7) is 4.03. The lowest BCUT2D eigenvalue weighted by Gasteiger charge is -2.11. The van der Waals surface area contributed by atoms with E-state index in [4.69, 9.17) is 14.0 Å². The molecule has 10 nitrogen and oxygen atoms in total. The zero-order valence-corrected chi connectivity index (χ0v) is 20.5. The van der Waals surface area contributed by atoms with Crippen molar-refractivity contribution in [1.82, 2.24) is 25.4 Å². The van der Waals surface area contributed by atoms with Gasteiger partial charge in [-0.3, -0.25) is 4.79 Å². The summed E-state index contributed by atoms with van der Waals surface area (Å²) in [7, 11) is 1.57. The number of aromatic nitrogens is 5. The number of methoxy groups -OCH3 is 1. The maximum atomic E-state index is 12.5. The highest BCUT2D eigenvalue weighted by molar-refractivity contribution is 7.98. The van der Waals surface area contributed by atoms with E-state index in [-0.39, 0.29) is 5.91 Å². The molecule has 4 rings (SSSR count). The van der Waals surface area contributed by atoms with E-state index in [1.54, 1.807) is 42.1 Å². The van der Waals surface area contributed by atoms with Crippen LogP contribution in [-0.2, 0) is 11.4 Å². The topological polar surface area (TPSA) is 117 Å². The van der Waals surface area contributed by atoms with Gasteiger partial charge < -0.3 is 19.3 Å². The minimum atomic E-state index is -0.276. The Morgan fingerprint density at radius 1 is 1.20 bits per heavy atom. The van der Waals surface area contributed by atoms with E-state index in [9.17, 15) is 4.79 Å². The number of nitrogens with zero attached hydrogens (tertiary/aromatic N) is 5. The highest BCUT2D eigenvalue weighted by Gasteiger charge is 2.12. The molecule has 0 bridgehead atoms. The normalized spacial score (nSPS) is 11.1. The van der Waals surface area contributed by atoms with Crippen molar-refractivity contribution in [3.05, 3.63) is 71.1 Å². The SMILES string of the molecule is COc1cc(/C=C/C(=O)Nc2cccc(-n3nnnc3SC)c2)ccc1OCc1c(C)noc1C. The Kier molecular flexibility index (Phi) is 7.46. The van der Waals surface area contributed by atoms with Crippen LogP contribution >= 0.6 is 11.8 Å². The molecule has 0 spiro atoms. The number of ether oxygens (including phenoxy) is 2. The van der Waals surface area contributed by atoms with Gasteiger partial charge >= 0.3 is 0 Å². The second-order valence-corrected chi connectivity index (χ2v) is 8.23. The largest absolute Gasteiger partial charge is 0.493 e. The van der Waals surface area contributed by atoms with Gasteiger partial charge in [-0.2, -0.15) is 4.68 Å². The minimum absolute atomic E-state index is 0.276. The molecule has 0 radical (unpaired) electrons. The zero-order valence-electron chi connectivity index (χ0n) is 19.7. The molecule has 2 aromatic carbocycles. The van der Waals surface area contributed by atoms with Crippen LogP contribution < -0.4 is 14.8 Å². The number of anilines is 1. The molecule has 180 valence electrons. The van der Waals surface area contributed by atoms with Crippen LogP contribution in [0.4, 0.5) is 5.69 Å². The van der Waals surface area contributed by atoms with E-state index in [2.05, 4.69) is 26.0 Å². The number of hydrogen-bond donors (Lipinski definition) is 1. The number of tetrazole rings is 1. The average Bonchev–Trinajstić information content (AvgIpc) is 3.48. The molecule has 0 aliphatic heterocycles. The third kappa shape index (κ3) is 5.69. The van der Waals surface area contributed by atoms with Crippen LogP contribution in [0.3, 0.4) is 0 Å². The van der Waals surface area contributed by atoms with E-state index in [1.165, 1.54) is 17.8 Å². The fourth-order valence-electron chi connectivity index (χ4n) is 3.30. The van der Waals surface area contributed by atoms with Crippen LogP contribution in [0.25, 0.3) is 11.8 Å². The van der Waals surface area contributed by atoms with E-state index in [0.717, 1.165) is 28.3 Å². The third-order valence-electron chi connectivity index (χ3n) is 5.15. The van der Waals surface area contributed by atoms with Crippen LogP contribution in [0.2, 0.25) is 0 Å². The van der Waals surface area contributed by atoms with E-state index in [0.29, 0.717) is 28.9 Å². The van der Waals surface area contributed by atoms with Crippen LogP contribution in [0.1, 0.15) is 22.6 Å². The molecule has 35 heavy (non-hydrogen) atoms. The first-order valence-electron chi connectivity index (χ1n) is 10.6. The van der Waals surface area contributed by atoms with Crippen LogP contribution in [-0.4, -0.2) is 44.6 Å². The molecular formula is C24H24N6O4S. The standard InChI is InChI=1S/C24H24N6O4S/c1-15-20(16(2)34-27-15)14-33-21-10-8-17(12-22(21)32-3)9-11-23(31)25-18-6-5-7-19(13-18)30-24(35-4)26-28-29-30/h5-13H,14H2,1-4H3,(H,25,31)/b11-9+. The number of amides is 1. The summed E-state index contributed by atoms with van der Waals surface area (Å²) in [5.74, 6) is 1.58. The van der Waals surface area contributed by atoms with Crippen LogP contribution in [0, 0.1) is 13.8 Å². The van der Waals surface area contributed by atoms with Gasteiger partial charge in [0.05, 0.1) is 24.1 Å². The molecule has 0 aliphatic carbocycles. The van der Waals surface area contributed by atoms with Gasteiger partial charge in [0.2, 0.25) is 11.1 Å². The molecule has 4 aromatic rings. The zero-order chi connectivity index (χ0) is 24.8. The molecule has 1 N–H and O–H groups in total. The van der Waals surface area contributed by atoms with Gasteiger partial charge in [0.15, 0.2) is 11.5 Å². The summed E-state index contributed by atoms with van der Waals surface area (Å²) >= 11 is 1.43. The van der Waals surface area contributed by atoms with Gasteiger partial charge in [0, 0.05) is 11.8 Å². The summed E-state index contributed by atoms with van der Waals surface area (Å²) in [5, 5.41) is 19.1. The first-order valence-corrected chi connectivity index (χ1v) is 11.9. The smallest absolute Gasteiger partial charge is 0.248 e. The molecule has 0 unspecified atom stereocenters. The molecule has 0 atom stereocenters. The molecule has 2 heterocycles. The quantitative estimate of drug-likeness (QED) is 0.270. The maximum absolute atomic E-state index is 12.5. The molecule has 0 aliphatic rings. The first kappa shape index (κ1) is 24.0. The Balaban J connectivity index is 1.41. The fourth-order valence-corrected chi connectivity index (χ4v) is 3.74. The van der Waals surface area contributed by atoms with Crippen molar-refractivity contribution in [3.8, 4) is 17.2 Å². The number of benzene rings is 2. The van der Waals surface area contributed by atoms with Gasteiger partial charge in [-0.15, -0.1) is 5.10 Å². The Labute approximate surface area is 206 Å². The van der Waals surface area contributed by atoms with Gasteiger partial charge in [0.25, 0.3) is 0 Å². The molecule has 2 aromatic heterocycles. The number of carbonyl (C=O) groups is 1. The minimum Gasteiger partial charge on any atom is -0.493 e. The van der Waals surface area contributed by atoms with Crippen molar-refractivity contribution < 1.29 is 18.8 Å². The average molecular weight is 493 g/mol. The lowest BCUT2D eigenvalue weighted by Crippen LogP contribution is -2.08. The number of thioether (sulfide) groups is 1. The molecule has 1 amide bonds. The molecule has 0 saturated carbocycles. The Hall–Kier alpha value is -4.12. The van der Waals surface area contributed by atoms with Crippen molar-refractivity contribution in [2.24, 2.45) is 0 Å². The van der Waals surface area contributed by atoms with E-state index >= 15 is 0 Å². The number of aryl methyl sites for hydroxylation is 2. The van der Waals surface area contributed by atoms with Gasteiger partial charge in [-0.1, -0.05) is 29.1 Å². The second-order valence-electron chi connectivity index (χ2n) is 7.45. The number of carbonyl (C=O) groups excluding carboxylic acids is 1. The van der Waals surface area contributed by atoms with Gasteiger partial charge in [0.1, 0.15) is 12.4 Å². The highest BCUT2D eigenvalue weighted by atomic mass is 32.2. The third-order valence-corrected chi connectivity index (χ3v) is 5.77. The number of rotatable bonds is 9. The molecule has 0 saturated heterocycles. The number of nitrogens with one attached hydrogen (secondary N) is 1. The summed E-state index contributed by atoms with van der Waals surface area (Å²) in [6.07, 6.45) is 5.05. The molecule has 11 heteroatoms. The predicted octanol–water partition coefficient (Wildman–Crippen LogP) is 4.23. The van der Waals surface area contributed by atoms with E-state index in [1.807, 2.05) is 38.3 Å². The summed E-state index contributed by atoms with van der Waals surface area (Å²) in [6, 6.07) is 12.7. The van der Waals surface area contributed by atoms with Crippen molar-refractivity contribution in [2.45, 2.75) is 25.6 Å². The molecule has 0 fully saturated rings. The van der Waals surface area contributed by atoms with Crippen molar-refractivity contribution >= 4 is 29.4 Å². The number of hydrogen-bond acceptors (Lipinski definition) is 9. The van der Waals surface area contributed by atoms with Crippen LogP contribution in [0.5, 0.6) is 11.5 Å². The van der Waals surface area contributed by atoms with E-state index < -0.39 is 0 Å². The second kappa shape index (κ2) is 10.9. The van der Waals surface area contributed by atoms with Crippen LogP contribution in [0.15, 0.2) is 58.2 Å². The Morgan fingerprint density at radius 2 is 2.06 bits per heavy atom. The Morgan fingerprint density at radius 3 is 2.80 bits per heavy atom. The lowest BCUT2D eigenvalue weighted by molar-refractivity contribution is -0.111. The maximum Gasteiger partial charge on any atom is 0.248 e. The summed E-state index contributed by atoms with van der Waals surface area (Å²) < 4.78 is 18.2. The van der Waals surface area contributed by atoms with Crippen molar-refractivity contribution in [2.75, 3.05) is 18.7 Å². The lowest BCUT2D eigenvalue weighted by atomic mass is 10.1. The predicted molar refractivity (Wildman–Crippen MR) is 132 cm³/mol. The fraction of sp³-hybridized carbons (Fsp3) is 0.208. The Bertz CT molecular complexity index is 1340. The van der Waals surface area contributed by atoms with Crippen molar-refractivity contribution in [1.29, 1.82) is 0 Å². The first-order chi connectivity index (χ1) is 17.0. The highest BCUT2D eigenvalue weighted by Crippen LogP contribution is 2.30. The molecular weight excluding hydrogens is 468 g/mol. The summed E-state index contributed by atoms with van der Waals surface area (Å²) in [5.41, 5.74) is 3.86.